The third-order valence-corrected chi connectivity index (χ3v) is 8.62. The maximum atomic E-state index is 14.0. The highest BCUT2D eigenvalue weighted by molar-refractivity contribution is 9.10. The van der Waals surface area contributed by atoms with E-state index in [-0.39, 0.29) is 29.6 Å². The van der Waals surface area contributed by atoms with E-state index < -0.39 is 5.41 Å². The van der Waals surface area contributed by atoms with Crippen LogP contribution in [0.3, 0.4) is 0 Å². The smallest absolute Gasteiger partial charge is 0.238 e. The highest BCUT2D eigenvalue weighted by atomic mass is 79.9. The van der Waals surface area contributed by atoms with E-state index in [0.29, 0.717) is 5.69 Å². The minimum atomic E-state index is -0.476. The number of rotatable bonds is 2. The van der Waals surface area contributed by atoms with Gasteiger partial charge in [0, 0.05) is 15.8 Å². The molecule has 0 saturated carbocycles. The minimum Gasteiger partial charge on any atom is -0.274 e. The molecule has 4 heteroatoms. The lowest BCUT2D eigenvalue weighted by atomic mass is 9.46. The first-order valence-electron chi connectivity index (χ1n) is 10.8. The number of carbonyl (C=O) groups is 2. The molecule has 0 unspecified atom stereocenters. The van der Waals surface area contributed by atoms with E-state index in [1.54, 1.807) is 0 Å². The van der Waals surface area contributed by atoms with Crippen LogP contribution in [0.25, 0.3) is 0 Å². The van der Waals surface area contributed by atoms with Crippen LogP contribution in [-0.4, -0.2) is 11.8 Å². The normalized spacial score (nSPS) is 27.8. The lowest BCUT2D eigenvalue weighted by Crippen LogP contribution is -2.53. The molecule has 3 aromatic rings. The largest absolute Gasteiger partial charge is 0.274 e. The quantitative estimate of drug-likeness (QED) is 0.448. The van der Waals surface area contributed by atoms with Crippen molar-refractivity contribution in [2.24, 2.45) is 11.8 Å². The van der Waals surface area contributed by atoms with E-state index in [4.69, 9.17) is 0 Å². The Balaban J connectivity index is 1.62. The number of amides is 2. The second-order valence-electron chi connectivity index (χ2n) is 8.93. The van der Waals surface area contributed by atoms with Crippen LogP contribution in [0.1, 0.15) is 47.1 Å². The topological polar surface area (TPSA) is 37.4 Å². The lowest BCUT2D eigenvalue weighted by Gasteiger charge is -2.54. The van der Waals surface area contributed by atoms with E-state index in [2.05, 4.69) is 71.4 Å². The zero-order valence-electron chi connectivity index (χ0n) is 17.4. The Bertz CT molecular complexity index is 1230. The number of carbonyl (C=O) groups excluding carboxylic acids is 2. The molecule has 3 nitrogen and oxygen atoms in total. The molecule has 0 aromatic heterocycles. The Kier molecular flexibility index (Phi) is 3.92. The predicted molar refractivity (Wildman–Crippen MR) is 124 cm³/mol. The van der Waals surface area contributed by atoms with Gasteiger partial charge in [-0.05, 0) is 53.3 Å². The fourth-order valence-corrected chi connectivity index (χ4v) is 6.87. The molecule has 1 heterocycles. The third-order valence-electron chi connectivity index (χ3n) is 7.77. The number of hydrogen-bond acceptors (Lipinski definition) is 2. The van der Waals surface area contributed by atoms with Crippen LogP contribution >= 0.6 is 15.9 Å². The molecule has 1 fully saturated rings. The number of imide groups is 1. The Hall–Kier alpha value is -2.72. The van der Waals surface area contributed by atoms with Gasteiger partial charge in [0.2, 0.25) is 11.8 Å². The molecule has 3 aliphatic carbocycles. The van der Waals surface area contributed by atoms with Crippen LogP contribution in [0.4, 0.5) is 5.69 Å². The zero-order valence-corrected chi connectivity index (χ0v) is 19.0. The molecule has 31 heavy (non-hydrogen) atoms. The molecule has 2 amide bonds. The van der Waals surface area contributed by atoms with Crippen molar-refractivity contribution in [2.75, 3.05) is 4.90 Å². The summed E-state index contributed by atoms with van der Waals surface area (Å²) in [5.74, 6) is -0.961. The summed E-state index contributed by atoms with van der Waals surface area (Å²) >= 11 is 3.57. The summed E-state index contributed by atoms with van der Waals surface area (Å²) in [7, 11) is 0. The molecule has 7 rings (SSSR count). The molecule has 2 bridgehead atoms. The van der Waals surface area contributed by atoms with Crippen molar-refractivity contribution in [3.63, 3.8) is 0 Å². The summed E-state index contributed by atoms with van der Waals surface area (Å²) in [5.41, 5.74) is 6.10. The first-order chi connectivity index (χ1) is 15.0. The van der Waals surface area contributed by atoms with Crippen molar-refractivity contribution < 1.29 is 9.59 Å². The minimum absolute atomic E-state index is 0.0680. The highest BCUT2D eigenvalue weighted by Crippen LogP contribution is 2.65. The molecule has 0 radical (unpaired) electrons. The number of benzene rings is 3. The van der Waals surface area contributed by atoms with Crippen molar-refractivity contribution in [3.8, 4) is 0 Å². The highest BCUT2D eigenvalue weighted by Gasteiger charge is 2.67. The van der Waals surface area contributed by atoms with Gasteiger partial charge in [0.25, 0.3) is 0 Å². The first kappa shape index (κ1) is 19.0. The maximum absolute atomic E-state index is 14.0. The van der Waals surface area contributed by atoms with Gasteiger partial charge in [0.1, 0.15) is 0 Å². The molecular weight excluding hydrogens is 450 g/mol. The van der Waals surface area contributed by atoms with Gasteiger partial charge in [-0.1, -0.05) is 77.5 Å². The van der Waals surface area contributed by atoms with Gasteiger partial charge in [0.05, 0.1) is 17.5 Å². The summed E-state index contributed by atoms with van der Waals surface area (Å²) in [4.78, 5) is 29.4. The zero-order chi connectivity index (χ0) is 21.5. The SMILES string of the molecule is CCC12c3ccccc3C(c3ccccc31)[C@@H]1C(=O)N(c3ccc(C)c(Br)c3)C(=O)[C@H]12. The van der Waals surface area contributed by atoms with E-state index in [9.17, 15) is 9.59 Å². The van der Waals surface area contributed by atoms with Crippen molar-refractivity contribution in [2.45, 2.75) is 31.6 Å². The summed E-state index contributed by atoms with van der Waals surface area (Å²) in [6.07, 6.45) is 0.777. The van der Waals surface area contributed by atoms with Gasteiger partial charge >= 0.3 is 0 Å². The number of nitrogens with zero attached hydrogens (tertiary/aromatic N) is 1. The predicted octanol–water partition coefficient (Wildman–Crippen LogP) is 5.72. The van der Waals surface area contributed by atoms with E-state index >= 15 is 0 Å². The monoisotopic (exact) mass is 471 g/mol. The van der Waals surface area contributed by atoms with Crippen molar-refractivity contribution in [1.82, 2.24) is 0 Å². The summed E-state index contributed by atoms with van der Waals surface area (Å²) in [6.45, 7) is 4.15. The van der Waals surface area contributed by atoms with Gasteiger partial charge in [-0.2, -0.15) is 0 Å². The van der Waals surface area contributed by atoms with Gasteiger partial charge in [-0.15, -0.1) is 0 Å². The maximum Gasteiger partial charge on any atom is 0.238 e. The van der Waals surface area contributed by atoms with Crippen molar-refractivity contribution >= 4 is 33.4 Å². The number of hydrogen-bond donors (Lipinski definition) is 0. The van der Waals surface area contributed by atoms with Crippen LogP contribution in [0.2, 0.25) is 0 Å². The van der Waals surface area contributed by atoms with Gasteiger partial charge in [0.15, 0.2) is 0 Å². The molecule has 0 N–H and O–H groups in total. The van der Waals surface area contributed by atoms with Gasteiger partial charge < -0.3 is 0 Å². The van der Waals surface area contributed by atoms with Crippen molar-refractivity contribution in [3.05, 3.63) is 99.0 Å². The van der Waals surface area contributed by atoms with E-state index in [1.807, 2.05) is 25.1 Å². The van der Waals surface area contributed by atoms with Crippen LogP contribution in [0.5, 0.6) is 0 Å². The molecule has 1 saturated heterocycles. The Labute approximate surface area is 190 Å². The molecule has 0 spiro atoms. The Morgan fingerprint density at radius 3 is 2.10 bits per heavy atom. The fourth-order valence-electron chi connectivity index (χ4n) is 6.50. The van der Waals surface area contributed by atoms with Gasteiger partial charge in [-0.3, -0.25) is 9.59 Å². The number of anilines is 1. The van der Waals surface area contributed by atoms with Crippen molar-refractivity contribution in [1.29, 1.82) is 0 Å². The fraction of sp³-hybridized carbons (Fsp3) is 0.259. The molecule has 2 atom stereocenters. The van der Waals surface area contributed by atoms with E-state index in [1.165, 1.54) is 27.2 Å². The average Bonchev–Trinajstić information content (AvgIpc) is 3.07. The van der Waals surface area contributed by atoms with Crippen LogP contribution in [-0.2, 0) is 15.0 Å². The Morgan fingerprint density at radius 1 is 0.903 bits per heavy atom. The van der Waals surface area contributed by atoms with Gasteiger partial charge in [-0.25, -0.2) is 4.90 Å². The number of halogens is 1. The molecule has 1 aliphatic heterocycles. The molecule has 4 aliphatic rings. The molecule has 154 valence electrons. The number of aryl methyl sites for hydroxylation is 1. The van der Waals surface area contributed by atoms with Crippen LogP contribution in [0, 0.1) is 18.8 Å². The third kappa shape index (κ3) is 2.19. The van der Waals surface area contributed by atoms with Crippen LogP contribution < -0.4 is 4.90 Å². The first-order valence-corrected chi connectivity index (χ1v) is 11.6. The van der Waals surface area contributed by atoms with Crippen LogP contribution in [0.15, 0.2) is 71.2 Å². The second-order valence-corrected chi connectivity index (χ2v) is 9.78. The molecular formula is C27H22BrNO2. The lowest BCUT2D eigenvalue weighted by molar-refractivity contribution is -0.123. The Morgan fingerprint density at radius 2 is 1.52 bits per heavy atom. The summed E-state index contributed by atoms with van der Waals surface area (Å²) < 4.78 is 0.903. The van der Waals surface area contributed by atoms with E-state index in [0.717, 1.165) is 16.5 Å². The summed E-state index contributed by atoms with van der Waals surface area (Å²) in [5, 5.41) is 0. The second kappa shape index (κ2) is 6.39. The standard InChI is InChI=1S/C27H22BrNO2/c1-3-27-19-10-6-4-8-17(19)22(18-9-5-7-11-20(18)27)23-24(27)26(31)29(25(23)30)16-13-12-15(2)21(28)14-16/h4-14,22-24H,3H2,1-2H3/t22?,23-,24-,27?/m0/s1. The summed E-state index contributed by atoms with van der Waals surface area (Å²) in [6, 6.07) is 22.6. The average molecular weight is 472 g/mol. The molecule has 3 aromatic carbocycles.